The maximum atomic E-state index is 14.0. The lowest BCUT2D eigenvalue weighted by molar-refractivity contribution is -0.134. The number of likely N-dealkylation sites (tertiary alicyclic amines) is 2. The van der Waals surface area contributed by atoms with Crippen molar-refractivity contribution in [3.8, 4) is 0 Å². The van der Waals surface area contributed by atoms with Crippen LogP contribution in [0.25, 0.3) is 0 Å². The van der Waals surface area contributed by atoms with E-state index in [-0.39, 0.29) is 11.6 Å². The van der Waals surface area contributed by atoms with Gasteiger partial charge in [-0.2, -0.15) is 0 Å². The molecule has 2 atom stereocenters. The van der Waals surface area contributed by atoms with Crippen LogP contribution in [-0.2, 0) is 4.79 Å². The Bertz CT molecular complexity index is 947. The van der Waals surface area contributed by atoms with E-state index in [1.807, 2.05) is 0 Å². The van der Waals surface area contributed by atoms with Crippen molar-refractivity contribution in [1.82, 2.24) is 14.7 Å². The van der Waals surface area contributed by atoms with Gasteiger partial charge in [-0.25, -0.2) is 0 Å². The van der Waals surface area contributed by atoms with Crippen LogP contribution in [0.1, 0.15) is 80.8 Å². The van der Waals surface area contributed by atoms with Crippen molar-refractivity contribution in [3.05, 3.63) is 71.8 Å². The first-order valence-corrected chi connectivity index (χ1v) is 14.6. The highest BCUT2D eigenvalue weighted by Gasteiger charge is 2.55. The van der Waals surface area contributed by atoms with E-state index in [4.69, 9.17) is 0 Å². The van der Waals surface area contributed by atoms with Gasteiger partial charge < -0.3 is 9.80 Å². The molecule has 2 bridgehead atoms. The zero-order valence-electron chi connectivity index (χ0n) is 21.9. The third-order valence-corrected chi connectivity index (χ3v) is 9.85. The number of piperidine rings is 1. The largest absolute Gasteiger partial charge is 0.338 e. The molecule has 1 aliphatic carbocycles. The lowest BCUT2D eigenvalue weighted by Gasteiger charge is -2.51. The Morgan fingerprint density at radius 3 is 1.86 bits per heavy atom. The molecule has 7 rings (SSSR count). The number of hydrogen-bond acceptors (Lipinski definition) is 3. The molecule has 192 valence electrons. The number of rotatable bonds is 6. The predicted octanol–water partition coefficient (Wildman–Crippen LogP) is 5.66. The average molecular weight is 486 g/mol. The van der Waals surface area contributed by atoms with Crippen molar-refractivity contribution in [3.63, 3.8) is 0 Å². The van der Waals surface area contributed by atoms with Crippen molar-refractivity contribution in [2.24, 2.45) is 0 Å². The Balaban J connectivity index is 1.37. The summed E-state index contributed by atoms with van der Waals surface area (Å²) in [4.78, 5) is 21.8. The van der Waals surface area contributed by atoms with Crippen molar-refractivity contribution >= 4 is 5.91 Å². The Kier molecular flexibility index (Phi) is 7.17. The average Bonchev–Trinajstić information content (AvgIpc) is 3.38. The minimum atomic E-state index is 0.190. The van der Waals surface area contributed by atoms with E-state index in [0.717, 1.165) is 32.6 Å². The number of benzene rings is 2. The quantitative estimate of drug-likeness (QED) is 0.528. The molecule has 2 aromatic rings. The second-order valence-corrected chi connectivity index (χ2v) is 11.8. The van der Waals surface area contributed by atoms with Crippen LogP contribution in [0.2, 0.25) is 0 Å². The molecule has 2 unspecified atom stereocenters. The highest BCUT2D eigenvalue weighted by atomic mass is 16.2. The predicted molar refractivity (Wildman–Crippen MR) is 146 cm³/mol. The summed E-state index contributed by atoms with van der Waals surface area (Å²) in [5, 5.41) is 0. The van der Waals surface area contributed by atoms with Crippen LogP contribution in [0.15, 0.2) is 60.7 Å². The van der Waals surface area contributed by atoms with Gasteiger partial charge in [0, 0.05) is 42.9 Å². The van der Waals surface area contributed by atoms with E-state index in [1.165, 1.54) is 69.2 Å². The number of nitrogens with zero attached hydrogens (tertiary/aromatic N) is 3. The number of carbonyl (C=O) groups is 1. The number of amides is 1. The standard InChI is InChI=1S/C32H43N3O/c36-30(16-22-33-18-8-3-9-19-33)35-23-17-32(34-20-10-11-21-34)24-28(26-12-4-1-5-13-26)31(35)29(25-32)27-14-6-2-7-15-27/h1-2,4-7,12-15,28-29,31H,3,8-11,16-25H2. The third kappa shape index (κ3) is 4.75. The van der Waals surface area contributed by atoms with Gasteiger partial charge in [-0.15, -0.1) is 0 Å². The zero-order valence-corrected chi connectivity index (χ0v) is 21.9. The molecule has 4 aliphatic heterocycles. The Hall–Kier alpha value is -2.17. The van der Waals surface area contributed by atoms with Crippen LogP contribution in [0.3, 0.4) is 0 Å². The first-order valence-electron chi connectivity index (χ1n) is 14.6. The van der Waals surface area contributed by atoms with E-state index in [2.05, 4.69) is 75.4 Å². The Morgan fingerprint density at radius 1 is 0.722 bits per heavy atom. The summed E-state index contributed by atoms with van der Waals surface area (Å²) in [6, 6.07) is 22.5. The summed E-state index contributed by atoms with van der Waals surface area (Å²) in [5.41, 5.74) is 3.03. The monoisotopic (exact) mass is 485 g/mol. The molecule has 4 heterocycles. The number of fused-ring (bicyclic) bond motifs is 4. The molecular weight excluding hydrogens is 442 g/mol. The molecule has 1 amide bonds. The first kappa shape index (κ1) is 24.2. The van der Waals surface area contributed by atoms with Gasteiger partial charge in [-0.1, -0.05) is 67.1 Å². The summed E-state index contributed by atoms with van der Waals surface area (Å²) in [6.07, 6.45) is 10.7. The molecular formula is C32H43N3O. The van der Waals surface area contributed by atoms with Crippen molar-refractivity contribution in [2.45, 2.75) is 81.2 Å². The van der Waals surface area contributed by atoms with Crippen LogP contribution >= 0.6 is 0 Å². The van der Waals surface area contributed by atoms with Gasteiger partial charge in [-0.05, 0) is 82.3 Å². The molecule has 0 aromatic heterocycles. The Labute approximate surface area is 217 Å². The minimum absolute atomic E-state index is 0.190. The minimum Gasteiger partial charge on any atom is -0.338 e. The van der Waals surface area contributed by atoms with Gasteiger partial charge in [-0.3, -0.25) is 9.69 Å². The van der Waals surface area contributed by atoms with E-state index < -0.39 is 0 Å². The second-order valence-electron chi connectivity index (χ2n) is 11.8. The summed E-state index contributed by atoms with van der Waals surface area (Å²) in [6.45, 7) is 6.59. The van der Waals surface area contributed by atoms with E-state index in [1.54, 1.807) is 0 Å². The smallest absolute Gasteiger partial charge is 0.224 e. The molecule has 36 heavy (non-hydrogen) atoms. The highest BCUT2D eigenvalue weighted by Crippen LogP contribution is 2.54. The molecule has 1 saturated carbocycles. The van der Waals surface area contributed by atoms with Gasteiger partial charge >= 0.3 is 0 Å². The fourth-order valence-corrected chi connectivity index (χ4v) is 8.05. The molecule has 0 spiro atoms. The molecule has 4 nitrogen and oxygen atoms in total. The van der Waals surface area contributed by atoms with Gasteiger partial charge in [0.1, 0.15) is 0 Å². The van der Waals surface area contributed by atoms with Crippen molar-refractivity contribution in [2.75, 3.05) is 39.3 Å². The maximum absolute atomic E-state index is 14.0. The summed E-state index contributed by atoms with van der Waals surface area (Å²) in [5.74, 6) is 1.14. The van der Waals surface area contributed by atoms with Crippen LogP contribution in [0.4, 0.5) is 0 Å². The van der Waals surface area contributed by atoms with Gasteiger partial charge in [0.05, 0.1) is 0 Å². The van der Waals surface area contributed by atoms with Gasteiger partial charge in [0.15, 0.2) is 0 Å². The molecule has 0 N–H and O–H groups in total. The lowest BCUT2D eigenvalue weighted by atomic mass is 9.63. The SMILES string of the molecule is O=C(CCN1CCCCC1)N1CCC2(N3CCCC3)CC(c3ccccc3)C1C(c1ccccc1)C2. The summed E-state index contributed by atoms with van der Waals surface area (Å²) in [7, 11) is 0. The topological polar surface area (TPSA) is 26.8 Å². The molecule has 2 aromatic carbocycles. The molecule has 5 aliphatic rings. The fourth-order valence-electron chi connectivity index (χ4n) is 8.05. The number of hydrogen-bond donors (Lipinski definition) is 0. The highest BCUT2D eigenvalue weighted by molar-refractivity contribution is 5.77. The van der Waals surface area contributed by atoms with Crippen LogP contribution in [0, 0.1) is 0 Å². The molecule has 4 saturated heterocycles. The maximum Gasteiger partial charge on any atom is 0.224 e. The number of carbonyl (C=O) groups excluding carboxylic acids is 1. The second kappa shape index (κ2) is 10.7. The van der Waals surface area contributed by atoms with Crippen molar-refractivity contribution in [1.29, 1.82) is 0 Å². The normalized spacial score (nSPS) is 31.4. The van der Waals surface area contributed by atoms with Crippen LogP contribution < -0.4 is 0 Å². The molecule has 0 radical (unpaired) electrons. The van der Waals surface area contributed by atoms with Crippen LogP contribution in [-0.4, -0.2) is 71.5 Å². The summed E-state index contributed by atoms with van der Waals surface area (Å²) < 4.78 is 0. The molecule has 5 fully saturated rings. The van der Waals surface area contributed by atoms with E-state index >= 15 is 0 Å². The summed E-state index contributed by atoms with van der Waals surface area (Å²) >= 11 is 0. The van der Waals surface area contributed by atoms with Crippen molar-refractivity contribution < 1.29 is 4.79 Å². The first-order chi connectivity index (χ1) is 17.7. The van der Waals surface area contributed by atoms with Gasteiger partial charge in [0.25, 0.3) is 0 Å². The third-order valence-electron chi connectivity index (χ3n) is 9.85. The van der Waals surface area contributed by atoms with E-state index in [0.29, 0.717) is 24.2 Å². The fraction of sp³-hybridized carbons (Fsp3) is 0.594. The zero-order chi connectivity index (χ0) is 24.4. The van der Waals surface area contributed by atoms with Gasteiger partial charge in [0.2, 0.25) is 5.91 Å². The van der Waals surface area contributed by atoms with E-state index in [9.17, 15) is 4.79 Å². The van der Waals surface area contributed by atoms with Crippen LogP contribution in [0.5, 0.6) is 0 Å². The molecule has 4 heteroatoms. The lowest BCUT2D eigenvalue weighted by Crippen LogP contribution is -2.54. The Morgan fingerprint density at radius 2 is 1.28 bits per heavy atom.